The van der Waals surface area contributed by atoms with Gasteiger partial charge in [-0.05, 0) is 40.5 Å². The lowest BCUT2D eigenvalue weighted by Crippen LogP contribution is -2.00. The van der Waals surface area contributed by atoms with Gasteiger partial charge in [-0.1, -0.05) is 11.6 Å². The van der Waals surface area contributed by atoms with Crippen LogP contribution in [0, 0.1) is 12.7 Å². The highest BCUT2D eigenvalue weighted by molar-refractivity contribution is 9.10. The number of anilines is 3. The minimum absolute atomic E-state index is 0.121. The summed E-state index contributed by atoms with van der Waals surface area (Å²) in [5, 5.41) is 3.74. The fourth-order valence-corrected chi connectivity index (χ4v) is 2.44. The number of hydrogen-bond acceptors (Lipinski definition) is 3. The third-order valence-electron chi connectivity index (χ3n) is 2.84. The standard InChI is InChI=1S/C14H13BrClFN2O/c1-7-3-8(15)12(4-9(7)16)19-13-6-14(20-2)10(17)5-11(13)18/h3-6,19H,18H2,1-2H3. The third kappa shape index (κ3) is 2.99. The number of benzene rings is 2. The molecule has 0 saturated carbocycles. The molecule has 0 fully saturated rings. The Morgan fingerprint density at radius 1 is 1.25 bits per heavy atom. The second-order valence-electron chi connectivity index (χ2n) is 4.28. The summed E-state index contributed by atoms with van der Waals surface area (Å²) in [7, 11) is 1.40. The largest absolute Gasteiger partial charge is 0.494 e. The van der Waals surface area contributed by atoms with Crippen molar-refractivity contribution >= 4 is 44.6 Å². The van der Waals surface area contributed by atoms with Gasteiger partial charge >= 0.3 is 0 Å². The van der Waals surface area contributed by atoms with Gasteiger partial charge < -0.3 is 15.8 Å². The zero-order valence-corrected chi connectivity index (χ0v) is 13.3. The topological polar surface area (TPSA) is 47.3 Å². The van der Waals surface area contributed by atoms with Crippen molar-refractivity contribution in [2.24, 2.45) is 0 Å². The van der Waals surface area contributed by atoms with Crippen LogP contribution in [0.1, 0.15) is 5.56 Å². The van der Waals surface area contributed by atoms with E-state index in [1.54, 1.807) is 6.07 Å². The Labute approximate surface area is 130 Å². The van der Waals surface area contributed by atoms with Crippen LogP contribution < -0.4 is 15.8 Å². The Morgan fingerprint density at radius 2 is 1.95 bits per heavy atom. The number of nitrogen functional groups attached to an aromatic ring is 1. The van der Waals surface area contributed by atoms with Crippen LogP contribution in [0.4, 0.5) is 21.5 Å². The maximum Gasteiger partial charge on any atom is 0.167 e. The van der Waals surface area contributed by atoms with Gasteiger partial charge in [0.15, 0.2) is 11.6 Å². The van der Waals surface area contributed by atoms with Crippen LogP contribution in [-0.2, 0) is 0 Å². The van der Waals surface area contributed by atoms with E-state index in [1.165, 1.54) is 19.2 Å². The molecule has 106 valence electrons. The van der Waals surface area contributed by atoms with E-state index in [4.69, 9.17) is 22.1 Å². The molecule has 0 bridgehead atoms. The van der Waals surface area contributed by atoms with Crippen molar-refractivity contribution in [1.29, 1.82) is 0 Å². The maximum atomic E-state index is 13.5. The second-order valence-corrected chi connectivity index (χ2v) is 5.54. The van der Waals surface area contributed by atoms with Gasteiger partial charge in [-0.15, -0.1) is 0 Å². The van der Waals surface area contributed by atoms with E-state index >= 15 is 0 Å². The first-order valence-electron chi connectivity index (χ1n) is 5.78. The molecule has 20 heavy (non-hydrogen) atoms. The highest BCUT2D eigenvalue weighted by Gasteiger charge is 2.11. The number of ether oxygens (including phenoxy) is 1. The number of halogens is 3. The van der Waals surface area contributed by atoms with Gasteiger partial charge in [0, 0.05) is 21.6 Å². The number of nitrogens with one attached hydrogen (secondary N) is 1. The lowest BCUT2D eigenvalue weighted by atomic mass is 10.2. The van der Waals surface area contributed by atoms with E-state index in [0.29, 0.717) is 10.7 Å². The molecule has 0 atom stereocenters. The van der Waals surface area contributed by atoms with Crippen molar-refractivity contribution < 1.29 is 9.13 Å². The first kappa shape index (κ1) is 14.9. The molecule has 2 aromatic rings. The van der Waals surface area contributed by atoms with Crippen LogP contribution in [-0.4, -0.2) is 7.11 Å². The average Bonchev–Trinajstić information content (AvgIpc) is 2.38. The van der Waals surface area contributed by atoms with Gasteiger partial charge in [0.1, 0.15) is 0 Å². The number of hydrogen-bond donors (Lipinski definition) is 2. The van der Waals surface area contributed by atoms with Crippen LogP contribution in [0.25, 0.3) is 0 Å². The van der Waals surface area contributed by atoms with Crippen molar-refractivity contribution in [2.75, 3.05) is 18.2 Å². The van der Waals surface area contributed by atoms with E-state index in [2.05, 4.69) is 21.2 Å². The minimum atomic E-state index is -0.503. The Bertz CT molecular complexity index is 664. The first-order valence-corrected chi connectivity index (χ1v) is 6.95. The Kier molecular flexibility index (Phi) is 4.40. The van der Waals surface area contributed by atoms with Gasteiger partial charge in [0.25, 0.3) is 0 Å². The number of aryl methyl sites for hydroxylation is 1. The zero-order valence-electron chi connectivity index (χ0n) is 10.9. The molecule has 0 aliphatic heterocycles. The lowest BCUT2D eigenvalue weighted by Gasteiger charge is -2.14. The highest BCUT2D eigenvalue weighted by Crippen LogP contribution is 2.35. The Balaban J connectivity index is 2.42. The summed E-state index contributed by atoms with van der Waals surface area (Å²) in [5.41, 5.74) is 8.32. The van der Waals surface area contributed by atoms with Crippen LogP contribution in [0.15, 0.2) is 28.7 Å². The fourth-order valence-electron chi connectivity index (χ4n) is 1.72. The molecular formula is C14H13BrClFN2O. The van der Waals surface area contributed by atoms with Crippen LogP contribution in [0.2, 0.25) is 5.02 Å². The smallest absolute Gasteiger partial charge is 0.167 e. The monoisotopic (exact) mass is 358 g/mol. The lowest BCUT2D eigenvalue weighted by molar-refractivity contribution is 0.387. The third-order valence-corrected chi connectivity index (χ3v) is 3.90. The fraction of sp³-hybridized carbons (Fsp3) is 0.143. The number of methoxy groups -OCH3 is 1. The number of rotatable bonds is 3. The summed E-state index contributed by atoms with van der Waals surface area (Å²) >= 11 is 9.54. The molecule has 0 aromatic heterocycles. The van der Waals surface area contributed by atoms with Crippen LogP contribution >= 0.6 is 27.5 Å². The van der Waals surface area contributed by atoms with Crippen molar-refractivity contribution in [3.8, 4) is 5.75 Å². The maximum absolute atomic E-state index is 13.5. The van der Waals surface area contributed by atoms with E-state index in [1.807, 2.05) is 13.0 Å². The Hall–Kier alpha value is -1.46. The van der Waals surface area contributed by atoms with Gasteiger partial charge in [-0.2, -0.15) is 0 Å². The van der Waals surface area contributed by atoms with E-state index in [-0.39, 0.29) is 11.4 Å². The van der Waals surface area contributed by atoms with E-state index in [9.17, 15) is 4.39 Å². The summed E-state index contributed by atoms with van der Waals surface area (Å²) in [5.74, 6) is -0.382. The zero-order chi connectivity index (χ0) is 14.9. The quantitative estimate of drug-likeness (QED) is 0.768. The predicted molar refractivity (Wildman–Crippen MR) is 84.5 cm³/mol. The Morgan fingerprint density at radius 3 is 2.60 bits per heavy atom. The molecule has 0 aliphatic carbocycles. The van der Waals surface area contributed by atoms with Gasteiger partial charge in [-0.3, -0.25) is 0 Å². The van der Waals surface area contributed by atoms with Crippen LogP contribution in [0.3, 0.4) is 0 Å². The van der Waals surface area contributed by atoms with E-state index < -0.39 is 5.82 Å². The molecule has 6 heteroatoms. The molecule has 0 radical (unpaired) electrons. The first-order chi connectivity index (χ1) is 9.42. The van der Waals surface area contributed by atoms with Crippen molar-refractivity contribution in [2.45, 2.75) is 6.92 Å². The van der Waals surface area contributed by atoms with Crippen LogP contribution in [0.5, 0.6) is 5.75 Å². The van der Waals surface area contributed by atoms with Crippen molar-refractivity contribution in [1.82, 2.24) is 0 Å². The van der Waals surface area contributed by atoms with Crippen molar-refractivity contribution in [3.05, 3.63) is 45.1 Å². The highest BCUT2D eigenvalue weighted by atomic mass is 79.9. The molecule has 2 aromatic carbocycles. The molecule has 0 amide bonds. The summed E-state index contributed by atoms with van der Waals surface area (Å²) in [6, 6.07) is 6.38. The average molecular weight is 360 g/mol. The SMILES string of the molecule is COc1cc(Nc2cc(Cl)c(C)cc2Br)c(N)cc1F. The van der Waals surface area contributed by atoms with Gasteiger partial charge in [0.2, 0.25) is 0 Å². The summed E-state index contributed by atoms with van der Waals surface area (Å²) in [6.45, 7) is 1.91. The summed E-state index contributed by atoms with van der Waals surface area (Å²) in [4.78, 5) is 0. The molecular weight excluding hydrogens is 347 g/mol. The van der Waals surface area contributed by atoms with E-state index in [0.717, 1.165) is 15.7 Å². The molecule has 0 aliphatic rings. The minimum Gasteiger partial charge on any atom is -0.494 e. The summed E-state index contributed by atoms with van der Waals surface area (Å²) in [6.07, 6.45) is 0. The molecule has 0 spiro atoms. The van der Waals surface area contributed by atoms with Gasteiger partial charge in [0.05, 0.1) is 24.2 Å². The molecule has 0 saturated heterocycles. The van der Waals surface area contributed by atoms with Gasteiger partial charge in [-0.25, -0.2) is 4.39 Å². The molecule has 0 unspecified atom stereocenters. The molecule has 2 rings (SSSR count). The molecule has 0 heterocycles. The molecule has 3 nitrogen and oxygen atoms in total. The van der Waals surface area contributed by atoms with Crippen molar-refractivity contribution in [3.63, 3.8) is 0 Å². The predicted octanol–water partition coefficient (Wildman–Crippen LogP) is 4.88. The summed E-state index contributed by atoms with van der Waals surface area (Å²) < 4.78 is 19.3. The normalized spacial score (nSPS) is 10.4. The second kappa shape index (κ2) is 5.89. The molecule has 3 N–H and O–H groups in total. The number of nitrogens with two attached hydrogens (primary N) is 1.